The number of benzene rings is 2. The van der Waals surface area contributed by atoms with Crippen LogP contribution in [-0.4, -0.2) is 38.8 Å². The van der Waals surface area contributed by atoms with Crippen molar-refractivity contribution in [1.82, 2.24) is 20.0 Å². The van der Waals surface area contributed by atoms with Crippen molar-refractivity contribution in [1.29, 1.82) is 0 Å². The van der Waals surface area contributed by atoms with E-state index in [4.69, 9.17) is 0 Å². The molecule has 162 valence electrons. The van der Waals surface area contributed by atoms with Gasteiger partial charge >= 0.3 is 0 Å². The number of carbonyl (C=O) groups excluding carboxylic acids is 1. The first kappa shape index (κ1) is 21.3. The number of nitrogens with zero attached hydrogens (tertiary/aromatic N) is 3. The Morgan fingerprint density at radius 2 is 1.84 bits per heavy atom. The molecule has 2 aromatic carbocycles. The highest BCUT2D eigenvalue weighted by atomic mass is 16.3. The molecule has 0 fully saturated rings. The molecule has 0 aliphatic carbocycles. The van der Waals surface area contributed by atoms with Gasteiger partial charge in [-0.1, -0.05) is 59.7 Å². The molecule has 1 aliphatic rings. The third-order valence-electron chi connectivity index (χ3n) is 5.72. The average Bonchev–Trinajstić information content (AvgIpc) is 3.10. The number of rotatable bonds is 7. The number of aliphatic hydroxyl groups excluding tert-OH is 1. The molecule has 1 aliphatic heterocycles. The Labute approximate surface area is 183 Å². The van der Waals surface area contributed by atoms with E-state index in [1.807, 2.05) is 30.3 Å². The minimum Gasteiger partial charge on any atom is -0.394 e. The van der Waals surface area contributed by atoms with Crippen LogP contribution in [-0.2, 0) is 32.6 Å². The van der Waals surface area contributed by atoms with Gasteiger partial charge in [0.25, 0.3) is 5.91 Å². The number of aliphatic hydroxyl groups is 1. The van der Waals surface area contributed by atoms with Crippen LogP contribution in [0.2, 0.25) is 0 Å². The van der Waals surface area contributed by atoms with E-state index in [1.54, 1.807) is 4.68 Å². The highest BCUT2D eigenvalue weighted by molar-refractivity contribution is 5.94. The summed E-state index contributed by atoms with van der Waals surface area (Å²) in [6.07, 6.45) is 0.819. The summed E-state index contributed by atoms with van der Waals surface area (Å²) in [7, 11) is 0. The van der Waals surface area contributed by atoms with Crippen molar-refractivity contribution in [2.45, 2.75) is 46.4 Å². The first-order valence-corrected chi connectivity index (χ1v) is 10.8. The van der Waals surface area contributed by atoms with Crippen molar-refractivity contribution in [2.24, 2.45) is 0 Å². The molecule has 6 nitrogen and oxygen atoms in total. The maximum Gasteiger partial charge on any atom is 0.272 e. The maximum atomic E-state index is 13.0. The lowest BCUT2D eigenvalue weighted by Crippen LogP contribution is -2.32. The summed E-state index contributed by atoms with van der Waals surface area (Å²) in [5.41, 5.74) is 7.40. The third-order valence-corrected chi connectivity index (χ3v) is 5.72. The fourth-order valence-corrected chi connectivity index (χ4v) is 4.42. The summed E-state index contributed by atoms with van der Waals surface area (Å²) in [5.74, 6) is -0.162. The summed E-state index contributed by atoms with van der Waals surface area (Å²) in [6, 6.07) is 16.5. The number of amides is 1. The smallest absolute Gasteiger partial charge is 0.272 e. The van der Waals surface area contributed by atoms with E-state index in [0.29, 0.717) is 25.3 Å². The fraction of sp³-hybridized carbons (Fsp3) is 0.360. The molecule has 0 radical (unpaired) electrons. The van der Waals surface area contributed by atoms with Gasteiger partial charge in [0.2, 0.25) is 0 Å². The molecule has 1 aromatic heterocycles. The van der Waals surface area contributed by atoms with Gasteiger partial charge in [0.15, 0.2) is 5.69 Å². The summed E-state index contributed by atoms with van der Waals surface area (Å²) in [6.45, 7) is 7.56. The van der Waals surface area contributed by atoms with Crippen molar-refractivity contribution in [3.8, 4) is 0 Å². The van der Waals surface area contributed by atoms with Gasteiger partial charge in [-0.05, 0) is 25.0 Å². The zero-order valence-corrected chi connectivity index (χ0v) is 18.3. The maximum absolute atomic E-state index is 13.0. The van der Waals surface area contributed by atoms with Crippen molar-refractivity contribution >= 4 is 5.91 Å². The predicted molar refractivity (Wildman–Crippen MR) is 121 cm³/mol. The standard InChI is InChI=1S/C25H30N4O2/c1-18-12-19(2)14-21(13-18)16-28-9-8-23-22(17-28)24(27-29(23)10-11-30)25(31)26-15-20-6-4-3-5-7-20/h3-7,12-14,30H,8-11,15-17H2,1-2H3,(H,26,31). The summed E-state index contributed by atoms with van der Waals surface area (Å²) < 4.78 is 1.81. The second kappa shape index (κ2) is 9.45. The molecule has 2 N–H and O–H groups in total. The Hall–Kier alpha value is -2.96. The van der Waals surface area contributed by atoms with Crippen LogP contribution in [0.5, 0.6) is 0 Å². The number of fused-ring (bicyclic) bond motifs is 1. The number of aromatic nitrogens is 2. The Kier molecular flexibility index (Phi) is 6.49. The van der Waals surface area contributed by atoms with Gasteiger partial charge < -0.3 is 10.4 Å². The van der Waals surface area contributed by atoms with Crippen molar-refractivity contribution in [3.05, 3.63) is 87.7 Å². The normalized spacial score (nSPS) is 13.8. The molecule has 1 amide bonds. The summed E-state index contributed by atoms with van der Waals surface area (Å²) >= 11 is 0. The molecule has 0 atom stereocenters. The van der Waals surface area contributed by atoms with Crippen LogP contribution in [0.1, 0.15) is 44.0 Å². The van der Waals surface area contributed by atoms with Crippen LogP contribution in [0, 0.1) is 13.8 Å². The lowest BCUT2D eigenvalue weighted by atomic mass is 10.0. The molecule has 4 rings (SSSR count). The van der Waals surface area contributed by atoms with E-state index in [0.717, 1.165) is 36.3 Å². The molecule has 0 saturated carbocycles. The van der Waals surface area contributed by atoms with Gasteiger partial charge in [-0.2, -0.15) is 5.10 Å². The summed E-state index contributed by atoms with van der Waals surface area (Å²) in [5, 5.41) is 17.0. The average molecular weight is 419 g/mol. The molecular weight excluding hydrogens is 388 g/mol. The number of aryl methyl sites for hydroxylation is 2. The highest BCUT2D eigenvalue weighted by Gasteiger charge is 2.28. The van der Waals surface area contributed by atoms with Crippen LogP contribution in [0.3, 0.4) is 0 Å². The Morgan fingerprint density at radius 3 is 2.55 bits per heavy atom. The van der Waals surface area contributed by atoms with Crippen LogP contribution in [0.15, 0.2) is 48.5 Å². The molecular formula is C25H30N4O2. The minimum atomic E-state index is -0.162. The Morgan fingerprint density at radius 1 is 1.10 bits per heavy atom. The topological polar surface area (TPSA) is 70.4 Å². The molecule has 31 heavy (non-hydrogen) atoms. The summed E-state index contributed by atoms with van der Waals surface area (Å²) in [4.78, 5) is 15.4. The largest absolute Gasteiger partial charge is 0.394 e. The first-order valence-electron chi connectivity index (χ1n) is 10.8. The highest BCUT2D eigenvalue weighted by Crippen LogP contribution is 2.25. The quantitative estimate of drug-likeness (QED) is 0.619. The van der Waals surface area contributed by atoms with Crippen molar-refractivity contribution in [3.63, 3.8) is 0 Å². The van der Waals surface area contributed by atoms with E-state index in [-0.39, 0.29) is 12.5 Å². The van der Waals surface area contributed by atoms with Gasteiger partial charge in [0.1, 0.15) is 0 Å². The van der Waals surface area contributed by atoms with Crippen LogP contribution < -0.4 is 5.32 Å². The van der Waals surface area contributed by atoms with E-state index in [1.165, 1.54) is 16.7 Å². The van der Waals surface area contributed by atoms with E-state index in [9.17, 15) is 9.90 Å². The lowest BCUT2D eigenvalue weighted by Gasteiger charge is -2.28. The predicted octanol–water partition coefficient (Wildman–Crippen LogP) is 2.98. The van der Waals surface area contributed by atoms with Crippen LogP contribution in [0.25, 0.3) is 0 Å². The van der Waals surface area contributed by atoms with Gasteiger partial charge in [-0.25, -0.2) is 0 Å². The molecule has 2 heterocycles. The molecule has 0 unspecified atom stereocenters. The molecule has 6 heteroatoms. The number of hydrogen-bond acceptors (Lipinski definition) is 4. The third kappa shape index (κ3) is 5.03. The van der Waals surface area contributed by atoms with E-state index >= 15 is 0 Å². The molecule has 0 bridgehead atoms. The van der Waals surface area contributed by atoms with Crippen LogP contribution >= 0.6 is 0 Å². The van der Waals surface area contributed by atoms with Gasteiger partial charge in [-0.3, -0.25) is 14.4 Å². The van der Waals surface area contributed by atoms with Gasteiger partial charge in [0, 0.05) is 43.9 Å². The second-order valence-electron chi connectivity index (χ2n) is 8.35. The Bertz CT molecular complexity index is 1040. The number of nitrogens with one attached hydrogen (secondary N) is 1. The van der Waals surface area contributed by atoms with E-state index < -0.39 is 0 Å². The number of carbonyl (C=O) groups is 1. The zero-order chi connectivity index (χ0) is 21.8. The first-order chi connectivity index (χ1) is 15.0. The molecule has 0 spiro atoms. The van der Waals surface area contributed by atoms with Gasteiger partial charge in [-0.15, -0.1) is 0 Å². The lowest BCUT2D eigenvalue weighted by molar-refractivity contribution is 0.0942. The monoisotopic (exact) mass is 418 g/mol. The Balaban J connectivity index is 1.53. The second-order valence-corrected chi connectivity index (χ2v) is 8.35. The minimum absolute atomic E-state index is 0.00543. The zero-order valence-electron chi connectivity index (χ0n) is 18.3. The molecule has 0 saturated heterocycles. The molecule has 3 aromatic rings. The fourth-order valence-electron chi connectivity index (χ4n) is 4.42. The number of hydrogen-bond donors (Lipinski definition) is 2. The SMILES string of the molecule is Cc1cc(C)cc(CN2CCc3c(c(C(=O)NCc4ccccc4)nn3CCO)C2)c1. The van der Waals surface area contributed by atoms with Crippen molar-refractivity contribution in [2.75, 3.05) is 13.2 Å². The van der Waals surface area contributed by atoms with Gasteiger partial charge in [0.05, 0.1) is 13.2 Å². The van der Waals surface area contributed by atoms with Crippen LogP contribution in [0.4, 0.5) is 0 Å². The van der Waals surface area contributed by atoms with E-state index in [2.05, 4.69) is 47.4 Å². The van der Waals surface area contributed by atoms with Crippen molar-refractivity contribution < 1.29 is 9.90 Å².